The van der Waals surface area contributed by atoms with Crippen molar-refractivity contribution < 1.29 is 4.79 Å². The van der Waals surface area contributed by atoms with Gasteiger partial charge in [-0.15, -0.1) is 0 Å². The Morgan fingerprint density at radius 1 is 0.750 bits per heavy atom. The third-order valence-electron chi connectivity index (χ3n) is 2.37. The first-order valence-electron chi connectivity index (χ1n) is 5.22. The van der Waals surface area contributed by atoms with E-state index in [4.69, 9.17) is 58.0 Å². The lowest BCUT2D eigenvalue weighted by atomic mass is 10.2. The molecule has 0 spiro atoms. The zero-order valence-electron chi connectivity index (χ0n) is 9.59. The number of halogens is 5. The van der Waals surface area contributed by atoms with E-state index in [1.54, 1.807) is 24.3 Å². The van der Waals surface area contributed by atoms with Gasteiger partial charge >= 0.3 is 0 Å². The molecule has 0 aromatic heterocycles. The number of rotatable bonds is 2. The van der Waals surface area contributed by atoms with Gasteiger partial charge in [0, 0.05) is 5.56 Å². The highest BCUT2D eigenvalue weighted by molar-refractivity contribution is 8.14. The average Bonchev–Trinajstić information content (AvgIpc) is 2.48. The first kappa shape index (κ1) is 16.3. The maximum atomic E-state index is 12.2. The van der Waals surface area contributed by atoms with E-state index < -0.39 is 0 Å². The third kappa shape index (κ3) is 3.22. The van der Waals surface area contributed by atoms with Gasteiger partial charge in [0.2, 0.25) is 5.12 Å². The van der Waals surface area contributed by atoms with Gasteiger partial charge in [0.05, 0.1) is 30.0 Å². The molecule has 0 N–H and O–H groups in total. The Balaban J connectivity index is 2.43. The Morgan fingerprint density at radius 2 is 1.20 bits per heavy atom. The summed E-state index contributed by atoms with van der Waals surface area (Å²) >= 11 is 30.8. The van der Waals surface area contributed by atoms with E-state index in [1.807, 2.05) is 6.07 Å². The molecule has 104 valence electrons. The molecule has 0 saturated carbocycles. The lowest BCUT2D eigenvalue weighted by Gasteiger charge is -2.11. The minimum absolute atomic E-state index is 0.0693. The van der Waals surface area contributed by atoms with Crippen molar-refractivity contribution in [3.05, 3.63) is 61.0 Å². The van der Waals surface area contributed by atoms with E-state index >= 15 is 0 Å². The molecule has 2 aromatic carbocycles. The smallest absolute Gasteiger partial charge is 0.224 e. The summed E-state index contributed by atoms with van der Waals surface area (Å²) in [5.41, 5.74) is 0.520. The molecule has 0 fully saturated rings. The molecule has 7 heteroatoms. The van der Waals surface area contributed by atoms with Gasteiger partial charge in [-0.25, -0.2) is 0 Å². The SMILES string of the molecule is O=C(Sc1c(Cl)c(Cl)c(Cl)c(Cl)c1Cl)c1ccccc1. The van der Waals surface area contributed by atoms with Gasteiger partial charge in [-0.2, -0.15) is 0 Å². The second kappa shape index (κ2) is 6.78. The summed E-state index contributed by atoms with van der Waals surface area (Å²) in [5.74, 6) is 0. The van der Waals surface area contributed by atoms with Crippen LogP contribution in [0, 0.1) is 0 Å². The predicted molar refractivity (Wildman–Crippen MR) is 88.1 cm³/mol. The largest absolute Gasteiger partial charge is 0.281 e. The van der Waals surface area contributed by atoms with Gasteiger partial charge in [0.15, 0.2) is 0 Å². The molecule has 0 amide bonds. The molecule has 2 aromatic rings. The van der Waals surface area contributed by atoms with Crippen molar-refractivity contribution >= 4 is 74.9 Å². The van der Waals surface area contributed by atoms with Gasteiger partial charge in [0.25, 0.3) is 0 Å². The Bertz CT molecular complexity index is 643. The first-order valence-corrected chi connectivity index (χ1v) is 7.92. The van der Waals surface area contributed by atoms with E-state index in [2.05, 4.69) is 0 Å². The fraction of sp³-hybridized carbons (Fsp3) is 0. The number of carbonyl (C=O) groups is 1. The van der Waals surface area contributed by atoms with E-state index in [1.165, 1.54) is 0 Å². The number of thioether (sulfide) groups is 1. The standard InChI is InChI=1S/C13H5Cl5OS/c14-7-8(15)10(17)12(11(18)9(7)16)20-13(19)6-4-2-1-3-5-6/h1-5H. The summed E-state index contributed by atoms with van der Waals surface area (Å²) in [6.45, 7) is 0. The van der Waals surface area contributed by atoms with Crippen LogP contribution in [0.15, 0.2) is 35.2 Å². The van der Waals surface area contributed by atoms with Crippen molar-refractivity contribution in [3.63, 3.8) is 0 Å². The Morgan fingerprint density at radius 3 is 1.70 bits per heavy atom. The summed E-state index contributed by atoms with van der Waals surface area (Å²) in [4.78, 5) is 12.4. The highest BCUT2D eigenvalue weighted by Crippen LogP contribution is 2.48. The molecule has 2 rings (SSSR count). The van der Waals surface area contributed by atoms with Crippen molar-refractivity contribution in [1.29, 1.82) is 0 Å². The zero-order valence-corrected chi connectivity index (χ0v) is 14.2. The van der Waals surface area contributed by atoms with Crippen LogP contribution in [0.25, 0.3) is 0 Å². The van der Waals surface area contributed by atoms with E-state index in [0.29, 0.717) is 10.5 Å². The fourth-order valence-corrected chi connectivity index (χ4v) is 3.70. The van der Waals surface area contributed by atoms with Crippen LogP contribution in [-0.4, -0.2) is 5.12 Å². The Labute approximate surface area is 145 Å². The third-order valence-corrected chi connectivity index (χ3v) is 5.91. The van der Waals surface area contributed by atoms with Crippen LogP contribution >= 0.6 is 69.8 Å². The van der Waals surface area contributed by atoms with Crippen molar-refractivity contribution in [2.75, 3.05) is 0 Å². The van der Waals surface area contributed by atoms with Crippen LogP contribution in [0.5, 0.6) is 0 Å². The van der Waals surface area contributed by atoms with Gasteiger partial charge in [-0.3, -0.25) is 4.79 Å². The monoisotopic (exact) mass is 384 g/mol. The molecule has 0 aliphatic rings. The van der Waals surface area contributed by atoms with Crippen LogP contribution in [0.4, 0.5) is 0 Å². The van der Waals surface area contributed by atoms with E-state index in [9.17, 15) is 4.79 Å². The quantitative estimate of drug-likeness (QED) is 0.318. The Hall–Kier alpha value is -0.0900. The summed E-state index contributed by atoms with van der Waals surface area (Å²) < 4.78 is 0. The maximum absolute atomic E-state index is 12.2. The number of hydrogen-bond donors (Lipinski definition) is 0. The summed E-state index contributed by atoms with van der Waals surface area (Å²) in [7, 11) is 0. The first-order chi connectivity index (χ1) is 9.43. The number of benzene rings is 2. The molecule has 0 bridgehead atoms. The highest BCUT2D eigenvalue weighted by Gasteiger charge is 2.22. The highest BCUT2D eigenvalue weighted by atomic mass is 35.5. The summed E-state index contributed by atoms with van der Waals surface area (Å²) in [5, 5.41) is 0.224. The van der Waals surface area contributed by atoms with Gasteiger partial charge < -0.3 is 0 Å². The van der Waals surface area contributed by atoms with E-state index in [-0.39, 0.29) is 30.2 Å². The minimum Gasteiger partial charge on any atom is -0.281 e. The molecular formula is C13H5Cl5OS. The lowest BCUT2D eigenvalue weighted by molar-refractivity contribution is 0.108. The number of hydrogen-bond acceptors (Lipinski definition) is 2. The van der Waals surface area contributed by atoms with Crippen molar-refractivity contribution in [2.45, 2.75) is 4.90 Å². The topological polar surface area (TPSA) is 17.1 Å². The normalized spacial score (nSPS) is 10.7. The average molecular weight is 387 g/mol. The van der Waals surface area contributed by atoms with Gasteiger partial charge in [-0.05, 0) is 11.8 Å². The molecule has 20 heavy (non-hydrogen) atoms. The van der Waals surface area contributed by atoms with Crippen LogP contribution in [0.1, 0.15) is 10.4 Å². The molecule has 0 radical (unpaired) electrons. The maximum Gasteiger partial charge on any atom is 0.224 e. The van der Waals surface area contributed by atoms with Crippen LogP contribution in [0.3, 0.4) is 0 Å². The van der Waals surface area contributed by atoms with Crippen LogP contribution in [-0.2, 0) is 0 Å². The molecule has 0 aliphatic carbocycles. The summed E-state index contributed by atoms with van der Waals surface area (Å²) in [6, 6.07) is 8.72. The molecule has 0 unspecified atom stereocenters. The molecule has 0 saturated heterocycles. The fourth-order valence-electron chi connectivity index (χ4n) is 1.40. The molecule has 0 atom stereocenters. The molecule has 0 heterocycles. The van der Waals surface area contributed by atoms with Gasteiger partial charge in [-0.1, -0.05) is 88.3 Å². The minimum atomic E-state index is -0.219. The van der Waals surface area contributed by atoms with Crippen LogP contribution < -0.4 is 0 Å². The molecular weight excluding hydrogens is 381 g/mol. The van der Waals surface area contributed by atoms with Crippen molar-refractivity contribution in [2.24, 2.45) is 0 Å². The predicted octanol–water partition coefficient (Wildman–Crippen LogP) is 6.89. The van der Waals surface area contributed by atoms with Crippen molar-refractivity contribution in [3.8, 4) is 0 Å². The molecule has 1 nitrogen and oxygen atoms in total. The molecule has 0 aliphatic heterocycles. The van der Waals surface area contributed by atoms with Gasteiger partial charge in [0.1, 0.15) is 0 Å². The second-order valence-electron chi connectivity index (χ2n) is 3.65. The lowest BCUT2D eigenvalue weighted by Crippen LogP contribution is -1.94. The summed E-state index contributed by atoms with van der Waals surface area (Å²) in [6.07, 6.45) is 0. The Kier molecular flexibility index (Phi) is 5.52. The second-order valence-corrected chi connectivity index (χ2v) is 6.53. The zero-order chi connectivity index (χ0) is 14.9. The number of carbonyl (C=O) groups excluding carboxylic acids is 1. The van der Waals surface area contributed by atoms with E-state index in [0.717, 1.165) is 11.8 Å². The van der Waals surface area contributed by atoms with Crippen LogP contribution in [0.2, 0.25) is 25.1 Å². The van der Waals surface area contributed by atoms with Crippen molar-refractivity contribution in [1.82, 2.24) is 0 Å².